The smallest absolute Gasteiger partial charge is 0.168 e. The minimum atomic E-state index is 0.205. The van der Waals surface area contributed by atoms with Crippen molar-refractivity contribution in [2.75, 3.05) is 0 Å². The van der Waals surface area contributed by atoms with Crippen molar-refractivity contribution < 1.29 is 0 Å². The van der Waals surface area contributed by atoms with Gasteiger partial charge in [-0.2, -0.15) is 0 Å². The zero-order valence-corrected chi connectivity index (χ0v) is 6.74. The van der Waals surface area contributed by atoms with E-state index in [4.69, 9.17) is 11.1 Å². The highest BCUT2D eigenvalue weighted by atomic mass is 32.1. The molecule has 0 atom stereocenters. The van der Waals surface area contributed by atoms with Crippen LogP contribution >= 0.6 is 12.2 Å². The normalized spacial score (nSPS) is 16.0. The van der Waals surface area contributed by atoms with Crippen LogP contribution in [0.5, 0.6) is 0 Å². The van der Waals surface area contributed by atoms with E-state index in [0.29, 0.717) is 17.8 Å². The van der Waals surface area contributed by atoms with Crippen LogP contribution in [0.4, 0.5) is 0 Å². The number of hydrogen-bond donors (Lipinski definition) is 3. The topological polar surface area (TPSA) is 61.9 Å². The van der Waals surface area contributed by atoms with Gasteiger partial charge in [0, 0.05) is 6.42 Å². The van der Waals surface area contributed by atoms with Crippen LogP contribution < -0.4 is 11.1 Å². The Morgan fingerprint density at radius 2 is 2.45 bits per heavy atom. The van der Waals surface area contributed by atoms with Gasteiger partial charge < -0.3 is 16.5 Å². The summed E-state index contributed by atoms with van der Waals surface area (Å²) in [7, 11) is 0. The van der Waals surface area contributed by atoms with Gasteiger partial charge in [-0.05, 0) is 18.3 Å². The van der Waals surface area contributed by atoms with Crippen molar-refractivity contribution in [3.8, 4) is 0 Å². The van der Waals surface area contributed by atoms with E-state index in [0.717, 1.165) is 0 Å². The van der Waals surface area contributed by atoms with Crippen molar-refractivity contribution in [1.29, 1.82) is 5.41 Å². The Labute approximate surface area is 70.5 Å². The SMILES string of the molecule is N=C1CC=CC=C1NC(N)=S. The van der Waals surface area contributed by atoms with Gasteiger partial charge in [0.25, 0.3) is 0 Å². The van der Waals surface area contributed by atoms with Crippen LogP contribution in [0.25, 0.3) is 0 Å². The third kappa shape index (κ3) is 2.16. The van der Waals surface area contributed by atoms with Crippen LogP contribution in [-0.2, 0) is 0 Å². The first kappa shape index (κ1) is 7.94. The summed E-state index contributed by atoms with van der Waals surface area (Å²) < 4.78 is 0. The van der Waals surface area contributed by atoms with Gasteiger partial charge in [0.15, 0.2) is 5.11 Å². The first-order valence-electron chi connectivity index (χ1n) is 3.21. The fraction of sp³-hybridized carbons (Fsp3) is 0.143. The van der Waals surface area contributed by atoms with Crippen molar-refractivity contribution in [1.82, 2.24) is 5.32 Å². The summed E-state index contributed by atoms with van der Waals surface area (Å²) in [5.74, 6) is 0. The summed E-state index contributed by atoms with van der Waals surface area (Å²) in [6.45, 7) is 0. The second kappa shape index (κ2) is 3.30. The molecule has 0 spiro atoms. The molecule has 58 valence electrons. The Morgan fingerprint density at radius 3 is 3.00 bits per heavy atom. The number of allylic oxidation sites excluding steroid dienone is 4. The van der Waals surface area contributed by atoms with Crippen LogP contribution in [0.1, 0.15) is 6.42 Å². The fourth-order valence-electron chi connectivity index (χ4n) is 0.811. The van der Waals surface area contributed by atoms with Crippen LogP contribution in [0.15, 0.2) is 23.9 Å². The predicted molar refractivity (Wildman–Crippen MR) is 49.5 cm³/mol. The van der Waals surface area contributed by atoms with Gasteiger partial charge in [0.05, 0.1) is 11.4 Å². The molecule has 0 fully saturated rings. The number of rotatable bonds is 1. The molecule has 0 bridgehead atoms. The van der Waals surface area contributed by atoms with Crippen LogP contribution in [-0.4, -0.2) is 10.8 Å². The average molecular weight is 167 g/mol. The molecule has 1 aliphatic carbocycles. The van der Waals surface area contributed by atoms with Crippen molar-refractivity contribution in [3.63, 3.8) is 0 Å². The highest BCUT2D eigenvalue weighted by molar-refractivity contribution is 7.80. The molecule has 0 aliphatic heterocycles. The molecule has 0 aromatic heterocycles. The molecule has 0 saturated carbocycles. The molecule has 1 aliphatic rings. The second-order valence-corrected chi connectivity index (χ2v) is 2.62. The molecule has 0 heterocycles. The lowest BCUT2D eigenvalue weighted by Crippen LogP contribution is -2.31. The van der Waals surface area contributed by atoms with Crippen LogP contribution in [0.3, 0.4) is 0 Å². The zero-order chi connectivity index (χ0) is 8.27. The predicted octanol–water partition coefficient (Wildman–Crippen LogP) is 0.683. The maximum absolute atomic E-state index is 7.44. The Kier molecular flexibility index (Phi) is 2.38. The number of thiocarbonyl (C=S) groups is 1. The maximum Gasteiger partial charge on any atom is 0.168 e. The van der Waals surface area contributed by atoms with Crippen LogP contribution in [0.2, 0.25) is 0 Å². The monoisotopic (exact) mass is 167 g/mol. The third-order valence-corrected chi connectivity index (χ3v) is 1.41. The molecule has 4 heteroatoms. The van der Waals surface area contributed by atoms with Gasteiger partial charge in [0.2, 0.25) is 0 Å². The first-order valence-corrected chi connectivity index (χ1v) is 3.62. The van der Waals surface area contributed by atoms with Crippen molar-refractivity contribution in [2.45, 2.75) is 6.42 Å². The lowest BCUT2D eigenvalue weighted by Gasteiger charge is -2.10. The largest absolute Gasteiger partial charge is 0.376 e. The maximum atomic E-state index is 7.44. The average Bonchev–Trinajstić information content (AvgIpc) is 1.93. The number of nitrogens with two attached hydrogens (primary N) is 1. The van der Waals surface area contributed by atoms with Gasteiger partial charge in [0.1, 0.15) is 0 Å². The quantitative estimate of drug-likeness (QED) is 0.503. The summed E-state index contributed by atoms with van der Waals surface area (Å²) in [6, 6.07) is 0. The minimum absolute atomic E-state index is 0.205. The summed E-state index contributed by atoms with van der Waals surface area (Å²) in [4.78, 5) is 0. The molecule has 0 saturated heterocycles. The van der Waals surface area contributed by atoms with E-state index in [9.17, 15) is 0 Å². The van der Waals surface area contributed by atoms with Crippen molar-refractivity contribution in [2.24, 2.45) is 5.73 Å². The van der Waals surface area contributed by atoms with Crippen molar-refractivity contribution >= 4 is 23.0 Å². The van der Waals surface area contributed by atoms with Gasteiger partial charge in [-0.1, -0.05) is 12.2 Å². The van der Waals surface area contributed by atoms with Gasteiger partial charge in [-0.15, -0.1) is 0 Å². The second-order valence-electron chi connectivity index (χ2n) is 2.18. The van der Waals surface area contributed by atoms with Gasteiger partial charge in [-0.3, -0.25) is 0 Å². The van der Waals surface area contributed by atoms with Gasteiger partial charge in [-0.25, -0.2) is 0 Å². The molecule has 0 aromatic carbocycles. The number of hydrogen-bond acceptors (Lipinski definition) is 2. The molecular formula is C7H9N3S. The summed E-state index contributed by atoms with van der Waals surface area (Å²) >= 11 is 4.63. The fourth-order valence-corrected chi connectivity index (χ4v) is 0.921. The zero-order valence-electron chi connectivity index (χ0n) is 5.92. The molecule has 0 amide bonds. The lowest BCUT2D eigenvalue weighted by atomic mass is 10.1. The Bertz CT molecular complexity index is 252. The Hall–Kier alpha value is -1.16. The summed E-state index contributed by atoms with van der Waals surface area (Å²) in [6.07, 6.45) is 6.21. The van der Waals surface area contributed by atoms with E-state index >= 15 is 0 Å². The lowest BCUT2D eigenvalue weighted by molar-refractivity contribution is 1.16. The molecule has 11 heavy (non-hydrogen) atoms. The minimum Gasteiger partial charge on any atom is -0.376 e. The van der Waals surface area contributed by atoms with E-state index in [1.54, 1.807) is 6.08 Å². The summed E-state index contributed by atoms with van der Waals surface area (Å²) in [5.41, 5.74) is 6.45. The van der Waals surface area contributed by atoms with Crippen LogP contribution in [0, 0.1) is 5.41 Å². The highest BCUT2D eigenvalue weighted by Gasteiger charge is 2.05. The molecule has 0 aromatic rings. The standard InChI is InChI=1S/C7H9N3S/c8-5-3-1-2-4-6(5)10-7(9)11/h1-2,4,8H,3H2,(H3,9,10,11). The first-order chi connectivity index (χ1) is 5.20. The van der Waals surface area contributed by atoms with E-state index in [1.165, 1.54) is 0 Å². The number of nitrogens with one attached hydrogen (secondary N) is 2. The third-order valence-electron chi connectivity index (χ3n) is 1.30. The van der Waals surface area contributed by atoms with E-state index in [1.807, 2.05) is 12.2 Å². The molecular weight excluding hydrogens is 158 g/mol. The summed E-state index contributed by atoms with van der Waals surface area (Å²) in [5, 5.41) is 10.4. The molecule has 1 rings (SSSR count). The molecule has 0 unspecified atom stereocenters. The molecule has 0 radical (unpaired) electrons. The highest BCUT2D eigenvalue weighted by Crippen LogP contribution is 2.04. The Morgan fingerprint density at radius 1 is 1.73 bits per heavy atom. The Balaban J connectivity index is 2.68. The van der Waals surface area contributed by atoms with E-state index in [2.05, 4.69) is 17.5 Å². The van der Waals surface area contributed by atoms with Crippen molar-refractivity contribution in [3.05, 3.63) is 23.9 Å². The van der Waals surface area contributed by atoms with E-state index in [-0.39, 0.29) is 5.11 Å². The molecule has 4 N–H and O–H groups in total. The molecule has 3 nitrogen and oxygen atoms in total. The van der Waals surface area contributed by atoms with Gasteiger partial charge >= 0.3 is 0 Å². The van der Waals surface area contributed by atoms with E-state index < -0.39 is 0 Å².